The molecular weight excluding hydrogens is 646 g/mol. The van der Waals surface area contributed by atoms with E-state index in [1.165, 1.54) is 25.1 Å². The molecule has 0 atom stereocenters. The Morgan fingerprint density at radius 2 is 1.56 bits per heavy atom. The number of aldehydes is 1. The summed E-state index contributed by atoms with van der Waals surface area (Å²) in [5.74, 6) is 1.47. The largest absolute Gasteiger partial charge is 0.493 e. The van der Waals surface area contributed by atoms with E-state index in [4.69, 9.17) is 33.6 Å². The maximum Gasteiger partial charge on any atom is 0.419 e. The number of carbonyl (C=O) groups excluding carboxylic acids is 3. The fraction of sp³-hybridized carbons (Fsp3) is 0.297. The molecule has 1 aliphatic heterocycles. The zero-order valence-electron chi connectivity index (χ0n) is 28.9. The van der Waals surface area contributed by atoms with Crippen LogP contribution in [0, 0.1) is 0 Å². The number of anilines is 2. The van der Waals surface area contributed by atoms with E-state index in [0.29, 0.717) is 41.3 Å². The summed E-state index contributed by atoms with van der Waals surface area (Å²) in [6.07, 6.45) is 0.838. The summed E-state index contributed by atoms with van der Waals surface area (Å²) in [5.41, 5.74) is 2.93. The van der Waals surface area contributed by atoms with Gasteiger partial charge in [-0.3, -0.25) is 19.3 Å². The van der Waals surface area contributed by atoms with Gasteiger partial charge in [0, 0.05) is 50.1 Å². The summed E-state index contributed by atoms with van der Waals surface area (Å²) in [7, 11) is 9.01. The fourth-order valence-electron chi connectivity index (χ4n) is 5.39. The highest BCUT2D eigenvalue weighted by atomic mass is 16.7. The molecule has 0 spiro atoms. The van der Waals surface area contributed by atoms with Crippen molar-refractivity contribution in [1.82, 2.24) is 4.90 Å². The number of nitrogens with zero attached hydrogens (tertiary/aromatic N) is 3. The molecule has 1 N–H and O–H groups in total. The van der Waals surface area contributed by atoms with E-state index < -0.39 is 12.1 Å². The molecule has 5 rings (SSSR count). The first kappa shape index (κ1) is 37.0. The lowest BCUT2D eigenvalue weighted by atomic mass is 9.93. The van der Waals surface area contributed by atoms with Gasteiger partial charge in [-0.25, -0.2) is 4.79 Å². The smallest absolute Gasteiger partial charge is 0.419 e. The van der Waals surface area contributed by atoms with E-state index in [1.807, 2.05) is 52.3 Å². The zero-order chi connectivity index (χ0) is 36.4. The molecule has 0 aliphatic carbocycles. The van der Waals surface area contributed by atoms with Gasteiger partial charge in [-0.1, -0.05) is 31.2 Å². The Balaban J connectivity index is 0.00000181. The number of benzene rings is 4. The number of hydrogen-bond acceptors (Lipinski definition) is 11. The molecular formula is C37H41N3O10. The first-order chi connectivity index (χ1) is 24.1. The monoisotopic (exact) mass is 687 g/mol. The first-order valence-corrected chi connectivity index (χ1v) is 15.8. The van der Waals surface area contributed by atoms with Crippen LogP contribution in [-0.2, 0) is 9.59 Å². The van der Waals surface area contributed by atoms with Gasteiger partial charge >= 0.3 is 12.1 Å². The molecule has 50 heavy (non-hydrogen) atoms. The molecule has 0 radical (unpaired) electrons. The summed E-state index contributed by atoms with van der Waals surface area (Å²) in [6, 6.07) is 17.7. The van der Waals surface area contributed by atoms with E-state index in [1.54, 1.807) is 30.3 Å². The average Bonchev–Trinajstić information content (AvgIpc) is 3.56. The van der Waals surface area contributed by atoms with Gasteiger partial charge in [0.2, 0.25) is 6.79 Å². The quantitative estimate of drug-likeness (QED) is 0.104. The van der Waals surface area contributed by atoms with Crippen LogP contribution in [0.5, 0.6) is 28.7 Å². The number of hydrogen-bond donors (Lipinski definition) is 1. The molecule has 1 heterocycles. The van der Waals surface area contributed by atoms with Crippen LogP contribution in [0.25, 0.3) is 21.9 Å². The van der Waals surface area contributed by atoms with Gasteiger partial charge in [0.15, 0.2) is 35.0 Å². The molecule has 0 fully saturated rings. The summed E-state index contributed by atoms with van der Waals surface area (Å²) in [5, 5.41) is 8.78. The molecule has 0 unspecified atom stereocenters. The maximum atomic E-state index is 13.4. The third-order valence-corrected chi connectivity index (χ3v) is 7.88. The molecule has 0 bridgehead atoms. The van der Waals surface area contributed by atoms with E-state index in [2.05, 4.69) is 9.80 Å². The predicted octanol–water partition coefficient (Wildman–Crippen LogP) is 6.10. The van der Waals surface area contributed by atoms with Crippen LogP contribution < -0.4 is 33.5 Å². The van der Waals surface area contributed by atoms with Gasteiger partial charge in [0.25, 0.3) is 6.47 Å². The third-order valence-electron chi connectivity index (χ3n) is 7.88. The first-order valence-electron chi connectivity index (χ1n) is 15.8. The van der Waals surface area contributed by atoms with Gasteiger partial charge in [-0.15, -0.1) is 0 Å². The minimum atomic E-state index is -0.766. The van der Waals surface area contributed by atoms with E-state index in [0.717, 1.165) is 34.9 Å². The van der Waals surface area contributed by atoms with Crippen molar-refractivity contribution in [2.75, 3.05) is 65.0 Å². The molecule has 13 heteroatoms. The van der Waals surface area contributed by atoms with Crippen molar-refractivity contribution in [2.45, 2.75) is 19.8 Å². The second kappa shape index (κ2) is 17.0. The molecule has 0 saturated heterocycles. The lowest BCUT2D eigenvalue weighted by Gasteiger charge is -2.27. The van der Waals surface area contributed by atoms with Crippen LogP contribution in [-0.4, -0.2) is 90.0 Å². The van der Waals surface area contributed by atoms with Crippen molar-refractivity contribution >= 4 is 47.0 Å². The number of esters is 1. The number of amides is 1. The normalized spacial score (nSPS) is 11.3. The average molecular weight is 688 g/mol. The Labute approximate surface area is 290 Å². The van der Waals surface area contributed by atoms with Crippen LogP contribution in [0.3, 0.4) is 0 Å². The highest BCUT2D eigenvalue weighted by Crippen LogP contribution is 2.45. The van der Waals surface area contributed by atoms with Crippen molar-refractivity contribution < 1.29 is 48.0 Å². The van der Waals surface area contributed by atoms with Crippen LogP contribution in [0.2, 0.25) is 0 Å². The van der Waals surface area contributed by atoms with E-state index in [9.17, 15) is 14.4 Å². The Kier molecular flexibility index (Phi) is 12.6. The van der Waals surface area contributed by atoms with Crippen molar-refractivity contribution in [2.24, 2.45) is 0 Å². The Morgan fingerprint density at radius 3 is 2.22 bits per heavy atom. The third kappa shape index (κ3) is 8.42. The molecule has 0 saturated carbocycles. The van der Waals surface area contributed by atoms with Crippen molar-refractivity contribution in [3.8, 4) is 39.9 Å². The van der Waals surface area contributed by atoms with Crippen LogP contribution in [0.1, 0.15) is 30.1 Å². The maximum absolute atomic E-state index is 13.4. The Hall–Kier alpha value is -5.82. The molecule has 1 aliphatic rings. The van der Waals surface area contributed by atoms with Gasteiger partial charge in [0.05, 0.1) is 18.5 Å². The summed E-state index contributed by atoms with van der Waals surface area (Å²) in [6.45, 7) is 3.28. The number of likely N-dealkylation sites (N-methyl/N-ethyl adjacent to an activating group) is 2. The molecule has 1 amide bonds. The van der Waals surface area contributed by atoms with Crippen LogP contribution in [0.15, 0.2) is 60.7 Å². The second-order valence-electron chi connectivity index (χ2n) is 11.5. The minimum absolute atomic E-state index is 0.0577. The van der Waals surface area contributed by atoms with Crippen molar-refractivity contribution in [3.63, 3.8) is 0 Å². The Bertz CT molecular complexity index is 1860. The number of carbonyl (C=O) groups is 4. The standard InChI is InChI=1S/C36H39N3O8.CH2O2/c1-7-10-34(41)46-29-12-9-8-11-28(29)39(5)36(42)47-33-18-24(21-40)26(19-30(33)43-6)25-14-13-23-17-31-32(45-22-44-31)20-27(23)35(25)38(4)16-15-37(2)3;2-1-3/h8-9,11-14,17-21H,7,10,15-16,22H2,1-6H3;1H,(H,2,3). The molecule has 4 aromatic carbocycles. The molecule has 0 aromatic heterocycles. The second-order valence-corrected chi connectivity index (χ2v) is 11.5. The van der Waals surface area contributed by atoms with Crippen molar-refractivity contribution in [1.29, 1.82) is 0 Å². The summed E-state index contributed by atoms with van der Waals surface area (Å²) < 4.78 is 28.3. The van der Waals surface area contributed by atoms with Crippen LogP contribution in [0.4, 0.5) is 16.2 Å². The minimum Gasteiger partial charge on any atom is -0.493 e. The number of carboxylic acid groups (broad SMARTS) is 1. The lowest BCUT2D eigenvalue weighted by molar-refractivity contribution is -0.134. The number of rotatable bonds is 12. The van der Waals surface area contributed by atoms with E-state index in [-0.39, 0.29) is 36.9 Å². The van der Waals surface area contributed by atoms with Crippen molar-refractivity contribution in [3.05, 3.63) is 66.2 Å². The number of para-hydroxylation sites is 2. The van der Waals surface area contributed by atoms with Gasteiger partial charge in [-0.05, 0) is 67.9 Å². The highest BCUT2D eigenvalue weighted by Gasteiger charge is 2.25. The Morgan fingerprint density at radius 1 is 0.860 bits per heavy atom. The van der Waals surface area contributed by atoms with Gasteiger partial charge in [-0.2, -0.15) is 0 Å². The van der Waals surface area contributed by atoms with Gasteiger partial charge in [0.1, 0.15) is 0 Å². The van der Waals surface area contributed by atoms with Crippen LogP contribution >= 0.6 is 0 Å². The zero-order valence-corrected chi connectivity index (χ0v) is 28.9. The lowest BCUT2D eigenvalue weighted by Crippen LogP contribution is -2.30. The molecule has 4 aromatic rings. The number of methoxy groups -OCH3 is 1. The number of fused-ring (bicyclic) bond motifs is 2. The summed E-state index contributed by atoms with van der Waals surface area (Å²) in [4.78, 5) is 52.0. The molecule has 13 nitrogen and oxygen atoms in total. The van der Waals surface area contributed by atoms with Gasteiger partial charge < -0.3 is 38.6 Å². The predicted molar refractivity (Wildman–Crippen MR) is 189 cm³/mol. The topological polar surface area (TPSA) is 144 Å². The molecule has 264 valence electrons. The highest BCUT2D eigenvalue weighted by molar-refractivity contribution is 6.06. The number of ether oxygens (including phenoxy) is 5. The fourth-order valence-corrected chi connectivity index (χ4v) is 5.39. The van der Waals surface area contributed by atoms with E-state index >= 15 is 0 Å². The SMILES string of the molecule is CCCC(=O)Oc1ccccc1N(C)C(=O)Oc1cc(C=O)c(-c2ccc3cc4c(cc3c2N(C)CCN(C)C)OCO4)cc1OC.O=CO. The summed E-state index contributed by atoms with van der Waals surface area (Å²) >= 11 is 0.